The molecule has 2 aromatic rings. The Bertz CT molecular complexity index is 598. The molecule has 0 saturated heterocycles. The van der Waals surface area contributed by atoms with Crippen molar-refractivity contribution in [2.75, 3.05) is 14.2 Å². The first-order chi connectivity index (χ1) is 8.71. The minimum Gasteiger partial charge on any atom is -0.496 e. The Hall–Kier alpha value is -2.23. The number of ether oxygens (including phenoxy) is 2. The molecule has 0 bridgehead atoms. The van der Waals surface area contributed by atoms with Gasteiger partial charge in [0, 0.05) is 11.6 Å². The summed E-state index contributed by atoms with van der Waals surface area (Å²) < 4.78 is 10.1. The van der Waals surface area contributed by atoms with Crippen molar-refractivity contribution >= 4 is 16.9 Å². The van der Waals surface area contributed by atoms with Crippen LogP contribution in [0.15, 0.2) is 31.0 Å². The molecule has 0 unspecified atom stereocenters. The molecule has 1 aromatic heterocycles. The fourth-order valence-electron chi connectivity index (χ4n) is 2.01. The zero-order chi connectivity index (χ0) is 13.1. The van der Waals surface area contributed by atoms with Gasteiger partial charge in [0.05, 0.1) is 25.3 Å². The number of hydrogen-bond donors (Lipinski definition) is 1. The van der Waals surface area contributed by atoms with Gasteiger partial charge in [-0.05, 0) is 24.1 Å². The topological polar surface area (TPSA) is 51.3 Å². The number of esters is 1. The van der Waals surface area contributed by atoms with Crippen molar-refractivity contribution in [3.05, 3.63) is 42.1 Å². The number of aromatic nitrogens is 1. The zero-order valence-electron chi connectivity index (χ0n) is 10.4. The van der Waals surface area contributed by atoms with Crippen LogP contribution in [-0.2, 0) is 11.2 Å². The molecule has 94 valence electrons. The van der Waals surface area contributed by atoms with Gasteiger partial charge in [0.2, 0.25) is 0 Å². The highest BCUT2D eigenvalue weighted by molar-refractivity contribution is 5.98. The van der Waals surface area contributed by atoms with E-state index in [2.05, 4.69) is 11.6 Å². The second-order valence-corrected chi connectivity index (χ2v) is 3.90. The second-order valence-electron chi connectivity index (χ2n) is 3.90. The highest BCUT2D eigenvalue weighted by Gasteiger charge is 2.14. The number of rotatable bonds is 4. The summed E-state index contributed by atoms with van der Waals surface area (Å²) in [7, 11) is 2.94. The molecule has 0 saturated carbocycles. The van der Waals surface area contributed by atoms with Crippen LogP contribution in [0.1, 0.15) is 15.9 Å². The van der Waals surface area contributed by atoms with Crippen LogP contribution in [0.5, 0.6) is 5.75 Å². The Labute approximate surface area is 105 Å². The molecule has 0 atom stereocenters. The highest BCUT2D eigenvalue weighted by atomic mass is 16.5. The lowest BCUT2D eigenvalue weighted by Crippen LogP contribution is -2.01. The molecule has 0 spiro atoms. The van der Waals surface area contributed by atoms with Gasteiger partial charge in [-0.3, -0.25) is 0 Å². The van der Waals surface area contributed by atoms with Gasteiger partial charge in [-0.15, -0.1) is 6.58 Å². The van der Waals surface area contributed by atoms with Crippen LogP contribution in [-0.4, -0.2) is 25.2 Å². The Balaban J connectivity index is 2.64. The van der Waals surface area contributed by atoms with E-state index in [-0.39, 0.29) is 5.97 Å². The molecule has 4 heteroatoms. The van der Waals surface area contributed by atoms with Crippen LogP contribution in [0.25, 0.3) is 10.9 Å². The number of fused-ring (bicyclic) bond motifs is 1. The predicted octanol–water partition coefficient (Wildman–Crippen LogP) is 2.69. The Morgan fingerprint density at radius 1 is 1.44 bits per heavy atom. The van der Waals surface area contributed by atoms with Gasteiger partial charge >= 0.3 is 5.97 Å². The summed E-state index contributed by atoms with van der Waals surface area (Å²) in [4.78, 5) is 14.7. The molecule has 0 radical (unpaired) electrons. The van der Waals surface area contributed by atoms with Gasteiger partial charge in [0.25, 0.3) is 0 Å². The summed E-state index contributed by atoms with van der Waals surface area (Å²) in [5.74, 6) is 0.279. The van der Waals surface area contributed by atoms with Crippen molar-refractivity contribution in [2.45, 2.75) is 6.42 Å². The third-order valence-electron chi connectivity index (χ3n) is 2.83. The Morgan fingerprint density at radius 2 is 2.22 bits per heavy atom. The summed E-state index contributed by atoms with van der Waals surface area (Å²) in [6, 6.07) is 3.45. The van der Waals surface area contributed by atoms with Crippen LogP contribution >= 0.6 is 0 Å². The summed E-state index contributed by atoms with van der Waals surface area (Å²) in [5, 5.41) is 0.977. The number of allylic oxidation sites excluding steroid dienone is 1. The van der Waals surface area contributed by atoms with Crippen molar-refractivity contribution < 1.29 is 14.3 Å². The lowest BCUT2D eigenvalue weighted by atomic mass is 10.1. The average Bonchev–Trinajstić information content (AvgIpc) is 2.80. The number of aromatic amines is 1. The van der Waals surface area contributed by atoms with E-state index >= 15 is 0 Å². The third kappa shape index (κ3) is 1.97. The quantitative estimate of drug-likeness (QED) is 0.665. The van der Waals surface area contributed by atoms with E-state index in [1.165, 1.54) is 7.11 Å². The number of benzene rings is 1. The Kier molecular flexibility index (Phi) is 3.37. The molecule has 18 heavy (non-hydrogen) atoms. The second kappa shape index (κ2) is 4.96. The minimum atomic E-state index is -0.380. The molecule has 0 fully saturated rings. The first-order valence-corrected chi connectivity index (χ1v) is 5.58. The lowest BCUT2D eigenvalue weighted by Gasteiger charge is -2.07. The monoisotopic (exact) mass is 245 g/mol. The van der Waals surface area contributed by atoms with E-state index in [1.54, 1.807) is 19.2 Å². The minimum absolute atomic E-state index is 0.380. The van der Waals surface area contributed by atoms with Crippen molar-refractivity contribution in [1.29, 1.82) is 0 Å². The fraction of sp³-hybridized carbons (Fsp3) is 0.214. The summed E-state index contributed by atoms with van der Waals surface area (Å²) in [6.45, 7) is 3.73. The van der Waals surface area contributed by atoms with Gasteiger partial charge < -0.3 is 14.5 Å². The van der Waals surface area contributed by atoms with Crippen molar-refractivity contribution in [3.63, 3.8) is 0 Å². The van der Waals surface area contributed by atoms with E-state index in [1.807, 2.05) is 12.3 Å². The molecule has 0 amide bonds. The van der Waals surface area contributed by atoms with Crippen LogP contribution in [0.3, 0.4) is 0 Å². The molecule has 1 N–H and O–H groups in total. The van der Waals surface area contributed by atoms with Crippen LogP contribution < -0.4 is 4.74 Å². The van der Waals surface area contributed by atoms with E-state index in [0.29, 0.717) is 11.3 Å². The summed E-state index contributed by atoms with van der Waals surface area (Å²) in [6.07, 6.45) is 4.47. The molecule has 0 aliphatic carbocycles. The van der Waals surface area contributed by atoms with Crippen LogP contribution in [0, 0.1) is 0 Å². The maximum Gasteiger partial charge on any atom is 0.338 e. The largest absolute Gasteiger partial charge is 0.496 e. The molecule has 4 nitrogen and oxygen atoms in total. The maximum atomic E-state index is 11.5. The van der Waals surface area contributed by atoms with E-state index < -0.39 is 0 Å². The van der Waals surface area contributed by atoms with Gasteiger partial charge in [-0.1, -0.05) is 6.08 Å². The highest BCUT2D eigenvalue weighted by Crippen LogP contribution is 2.31. The van der Waals surface area contributed by atoms with E-state index in [9.17, 15) is 4.79 Å². The van der Waals surface area contributed by atoms with Crippen molar-refractivity contribution in [3.8, 4) is 5.75 Å². The standard InChI is InChI=1S/C14H15NO3/c1-4-5-9-8-15-11-6-10(14(16)18-3)7-12(17-2)13(9)11/h4,6-8,15H,1,5H2,2-3H3. The summed E-state index contributed by atoms with van der Waals surface area (Å²) >= 11 is 0. The lowest BCUT2D eigenvalue weighted by molar-refractivity contribution is 0.0600. The number of carbonyl (C=O) groups excluding carboxylic acids is 1. The van der Waals surface area contributed by atoms with E-state index in [0.717, 1.165) is 22.9 Å². The molecule has 0 aliphatic heterocycles. The van der Waals surface area contributed by atoms with Gasteiger partial charge in [-0.2, -0.15) is 0 Å². The number of nitrogens with one attached hydrogen (secondary N) is 1. The predicted molar refractivity (Wildman–Crippen MR) is 70.1 cm³/mol. The van der Waals surface area contributed by atoms with Crippen LogP contribution in [0.2, 0.25) is 0 Å². The third-order valence-corrected chi connectivity index (χ3v) is 2.83. The average molecular weight is 245 g/mol. The normalized spacial score (nSPS) is 10.3. The first-order valence-electron chi connectivity index (χ1n) is 5.58. The van der Waals surface area contributed by atoms with Crippen molar-refractivity contribution in [2.24, 2.45) is 0 Å². The van der Waals surface area contributed by atoms with Gasteiger partial charge in [0.15, 0.2) is 0 Å². The zero-order valence-corrected chi connectivity index (χ0v) is 10.4. The van der Waals surface area contributed by atoms with Gasteiger partial charge in [-0.25, -0.2) is 4.79 Å². The maximum absolute atomic E-state index is 11.5. The van der Waals surface area contributed by atoms with Gasteiger partial charge in [0.1, 0.15) is 5.75 Å². The number of methoxy groups -OCH3 is 2. The molecule has 2 rings (SSSR count). The molecule has 0 aliphatic rings. The molecular weight excluding hydrogens is 230 g/mol. The summed E-state index contributed by atoms with van der Waals surface area (Å²) in [5.41, 5.74) is 2.41. The molecule has 1 heterocycles. The number of carbonyl (C=O) groups is 1. The number of hydrogen-bond acceptors (Lipinski definition) is 3. The fourth-order valence-corrected chi connectivity index (χ4v) is 2.01. The SMILES string of the molecule is C=CCc1c[nH]c2cc(C(=O)OC)cc(OC)c12. The van der Waals surface area contributed by atoms with E-state index in [4.69, 9.17) is 9.47 Å². The Morgan fingerprint density at radius 3 is 2.83 bits per heavy atom. The molecule has 1 aromatic carbocycles. The van der Waals surface area contributed by atoms with Crippen molar-refractivity contribution in [1.82, 2.24) is 4.98 Å². The smallest absolute Gasteiger partial charge is 0.338 e. The first kappa shape index (κ1) is 12.2. The van der Waals surface area contributed by atoms with Crippen LogP contribution in [0.4, 0.5) is 0 Å². The molecular formula is C14H15NO3. The number of H-pyrrole nitrogens is 1.